The molecule has 0 aromatic heterocycles. The van der Waals surface area contributed by atoms with E-state index in [1.807, 2.05) is 53.7 Å². The van der Waals surface area contributed by atoms with E-state index >= 15 is 0 Å². The Bertz CT molecular complexity index is 402. The number of rotatable bonds is 9. The fourth-order valence-corrected chi connectivity index (χ4v) is 8.03. The van der Waals surface area contributed by atoms with Crippen LogP contribution >= 0.6 is 0 Å². The molecule has 1 aromatic carbocycles. The van der Waals surface area contributed by atoms with Gasteiger partial charge < -0.3 is 0 Å². The van der Waals surface area contributed by atoms with Crippen molar-refractivity contribution in [2.24, 2.45) is 0 Å². The molecule has 0 bridgehead atoms. The van der Waals surface area contributed by atoms with E-state index in [1.54, 1.807) is 0 Å². The van der Waals surface area contributed by atoms with Gasteiger partial charge in [-0.25, -0.2) is 0 Å². The Hall–Kier alpha value is -0.217. The van der Waals surface area contributed by atoms with Crippen LogP contribution in [0.25, 0.3) is 0 Å². The SMILES string of the molecule is CCc1ccc([O][Zr]([O]C(C)C)([O]C(C)C)[O]C(C)C)cc1. The van der Waals surface area contributed by atoms with E-state index in [2.05, 4.69) is 19.1 Å². The van der Waals surface area contributed by atoms with Crippen molar-refractivity contribution < 1.29 is 33.3 Å². The molecule has 0 heterocycles. The molecule has 0 unspecified atom stereocenters. The first kappa shape index (κ1) is 19.8. The Kier molecular flexibility index (Phi) is 8.26. The van der Waals surface area contributed by atoms with Crippen LogP contribution in [-0.4, -0.2) is 18.3 Å². The Morgan fingerprint density at radius 1 is 0.773 bits per heavy atom. The first-order valence-electron chi connectivity index (χ1n) is 8.07. The van der Waals surface area contributed by atoms with Gasteiger partial charge in [-0.1, -0.05) is 0 Å². The summed E-state index contributed by atoms with van der Waals surface area (Å²) < 4.78 is 24.4. The molecule has 0 aliphatic heterocycles. The molecule has 0 atom stereocenters. The first-order chi connectivity index (χ1) is 10.3. The Morgan fingerprint density at radius 3 is 1.50 bits per heavy atom. The van der Waals surface area contributed by atoms with E-state index in [-0.39, 0.29) is 18.3 Å². The summed E-state index contributed by atoms with van der Waals surface area (Å²) in [5.41, 5.74) is 1.27. The third-order valence-corrected chi connectivity index (χ3v) is 9.51. The van der Waals surface area contributed by atoms with E-state index in [0.29, 0.717) is 0 Å². The molecule has 0 fully saturated rings. The Labute approximate surface area is 142 Å². The van der Waals surface area contributed by atoms with Crippen LogP contribution in [0.5, 0.6) is 5.75 Å². The molecule has 0 aliphatic rings. The summed E-state index contributed by atoms with van der Waals surface area (Å²) in [4.78, 5) is 0. The van der Waals surface area contributed by atoms with Crippen LogP contribution in [0, 0.1) is 0 Å². The summed E-state index contributed by atoms with van der Waals surface area (Å²) >= 11 is -4.13. The average molecular weight is 390 g/mol. The summed E-state index contributed by atoms with van der Waals surface area (Å²) in [6.45, 7) is 14.0. The maximum atomic E-state index is 6.18. The molecule has 0 saturated heterocycles. The number of aryl methyl sites for hydroxylation is 1. The third kappa shape index (κ3) is 6.91. The maximum absolute atomic E-state index is 6.18. The predicted octanol–water partition coefficient (Wildman–Crippen LogP) is 4.72. The van der Waals surface area contributed by atoms with Crippen molar-refractivity contribution >= 4 is 0 Å². The average Bonchev–Trinajstić information content (AvgIpc) is 2.36. The van der Waals surface area contributed by atoms with Crippen LogP contribution in [0.2, 0.25) is 0 Å². The summed E-state index contributed by atoms with van der Waals surface area (Å²) in [5, 5.41) is 0. The second kappa shape index (κ2) is 9.17. The van der Waals surface area contributed by atoms with Crippen LogP contribution < -0.4 is 2.81 Å². The van der Waals surface area contributed by atoms with Crippen LogP contribution in [0.3, 0.4) is 0 Å². The van der Waals surface area contributed by atoms with Gasteiger partial charge in [0.25, 0.3) is 0 Å². The van der Waals surface area contributed by atoms with Gasteiger partial charge in [-0.3, -0.25) is 0 Å². The third-order valence-electron chi connectivity index (χ3n) is 2.71. The van der Waals surface area contributed by atoms with Crippen molar-refractivity contribution in [3.05, 3.63) is 29.8 Å². The van der Waals surface area contributed by atoms with Crippen molar-refractivity contribution in [2.75, 3.05) is 0 Å². The molecule has 22 heavy (non-hydrogen) atoms. The Balaban J connectivity index is 3.03. The predicted molar refractivity (Wildman–Crippen MR) is 85.1 cm³/mol. The van der Waals surface area contributed by atoms with Crippen molar-refractivity contribution in [3.8, 4) is 5.75 Å². The minimum absolute atomic E-state index is 0.0109. The molecule has 0 aliphatic carbocycles. The van der Waals surface area contributed by atoms with Gasteiger partial charge >= 0.3 is 142 Å². The van der Waals surface area contributed by atoms with E-state index in [0.717, 1.165) is 12.2 Å². The molecule has 0 radical (unpaired) electrons. The summed E-state index contributed by atoms with van der Waals surface area (Å²) in [6.07, 6.45) is 0.969. The minimum atomic E-state index is -4.13. The second-order valence-corrected chi connectivity index (χ2v) is 10.8. The zero-order chi connectivity index (χ0) is 16.8. The molecular formula is C17H30O4Zr. The molecule has 126 valence electrons. The molecule has 0 saturated carbocycles. The van der Waals surface area contributed by atoms with Gasteiger partial charge in [-0.2, -0.15) is 0 Å². The fraction of sp³-hybridized carbons (Fsp3) is 0.647. The monoisotopic (exact) mass is 388 g/mol. The molecule has 0 spiro atoms. The molecular weight excluding hydrogens is 359 g/mol. The van der Waals surface area contributed by atoms with Crippen LogP contribution in [0.15, 0.2) is 24.3 Å². The van der Waals surface area contributed by atoms with Gasteiger partial charge in [0.15, 0.2) is 0 Å². The van der Waals surface area contributed by atoms with E-state index < -0.39 is 22.0 Å². The summed E-state index contributed by atoms with van der Waals surface area (Å²) in [6, 6.07) is 8.04. The number of benzene rings is 1. The number of hydrogen-bond acceptors (Lipinski definition) is 4. The summed E-state index contributed by atoms with van der Waals surface area (Å²) in [5.74, 6) is 0.745. The van der Waals surface area contributed by atoms with Crippen LogP contribution in [0.4, 0.5) is 0 Å². The van der Waals surface area contributed by atoms with Gasteiger partial charge in [0.1, 0.15) is 0 Å². The van der Waals surface area contributed by atoms with Gasteiger partial charge in [0.05, 0.1) is 0 Å². The first-order valence-corrected chi connectivity index (χ1v) is 12.1. The summed E-state index contributed by atoms with van der Waals surface area (Å²) in [7, 11) is 0. The van der Waals surface area contributed by atoms with Gasteiger partial charge in [0, 0.05) is 0 Å². The van der Waals surface area contributed by atoms with Crippen molar-refractivity contribution in [2.45, 2.75) is 73.2 Å². The zero-order valence-corrected chi connectivity index (χ0v) is 17.3. The van der Waals surface area contributed by atoms with Crippen molar-refractivity contribution in [1.29, 1.82) is 0 Å². The molecule has 0 amide bonds. The van der Waals surface area contributed by atoms with Gasteiger partial charge in [0.2, 0.25) is 0 Å². The fourth-order valence-electron chi connectivity index (χ4n) is 1.96. The standard InChI is InChI=1S/C8H10O.3C3H7O.Zr/c1-2-7-3-5-8(9)6-4-7;3*1-3(2)4;/h3-6,9H,2H2,1H3;3*3H,1-2H3;/q;3*-1;+4/p-1. The Morgan fingerprint density at radius 2 is 1.18 bits per heavy atom. The normalized spacial score (nSPS) is 12.5. The molecule has 0 N–H and O–H groups in total. The molecule has 1 rings (SSSR count). The molecule has 4 nitrogen and oxygen atoms in total. The molecule has 5 heteroatoms. The van der Waals surface area contributed by atoms with E-state index in [9.17, 15) is 0 Å². The number of hydrogen-bond donors (Lipinski definition) is 0. The topological polar surface area (TPSA) is 36.9 Å². The van der Waals surface area contributed by atoms with E-state index in [4.69, 9.17) is 11.3 Å². The quantitative estimate of drug-likeness (QED) is 0.612. The van der Waals surface area contributed by atoms with Crippen LogP contribution in [0.1, 0.15) is 54.0 Å². The van der Waals surface area contributed by atoms with E-state index in [1.165, 1.54) is 5.56 Å². The van der Waals surface area contributed by atoms with Gasteiger partial charge in [-0.05, 0) is 0 Å². The second-order valence-electron chi connectivity index (χ2n) is 6.10. The van der Waals surface area contributed by atoms with Gasteiger partial charge in [-0.15, -0.1) is 0 Å². The van der Waals surface area contributed by atoms with Crippen molar-refractivity contribution in [1.82, 2.24) is 0 Å². The molecule has 1 aromatic rings. The zero-order valence-electron chi connectivity index (χ0n) is 14.9. The van der Waals surface area contributed by atoms with Crippen LogP contribution in [-0.2, 0) is 36.9 Å². The van der Waals surface area contributed by atoms with Crippen molar-refractivity contribution in [3.63, 3.8) is 0 Å².